The fourth-order valence-corrected chi connectivity index (χ4v) is 4.02. The van der Waals surface area contributed by atoms with Crippen LogP contribution in [0.5, 0.6) is 5.75 Å². The number of thiophene rings is 1. The number of aromatic hydroxyl groups is 1. The predicted octanol–water partition coefficient (Wildman–Crippen LogP) is 2.24. The van der Waals surface area contributed by atoms with E-state index in [-0.39, 0.29) is 29.4 Å². The Kier molecular flexibility index (Phi) is 7.24. The van der Waals surface area contributed by atoms with Crippen LogP contribution < -0.4 is 10.6 Å². The number of amides is 3. The molecule has 1 aliphatic rings. The Morgan fingerprint density at radius 2 is 1.97 bits per heavy atom. The lowest BCUT2D eigenvalue weighted by molar-refractivity contribution is -0.126. The quantitative estimate of drug-likeness (QED) is 0.604. The molecule has 7 nitrogen and oxygen atoms in total. The molecule has 0 bridgehead atoms. The molecule has 1 unspecified atom stereocenters. The van der Waals surface area contributed by atoms with Crippen LogP contribution in [0.2, 0.25) is 0 Å². The van der Waals surface area contributed by atoms with Crippen molar-refractivity contribution in [1.29, 1.82) is 0 Å². The highest BCUT2D eigenvalue weighted by molar-refractivity contribution is 7.12. The summed E-state index contributed by atoms with van der Waals surface area (Å²) in [6, 6.07) is 9.81. The number of nitrogens with zero attached hydrogens (tertiary/aromatic N) is 1. The molecular formula is C21H25N3O4S. The third kappa shape index (κ3) is 5.80. The molecule has 0 aliphatic carbocycles. The van der Waals surface area contributed by atoms with Crippen molar-refractivity contribution in [2.24, 2.45) is 5.92 Å². The lowest BCUT2D eigenvalue weighted by Crippen LogP contribution is -2.45. The maximum Gasteiger partial charge on any atom is 0.263 e. The zero-order valence-corrected chi connectivity index (χ0v) is 16.9. The van der Waals surface area contributed by atoms with Crippen LogP contribution in [0.25, 0.3) is 0 Å². The molecule has 1 atom stereocenters. The third-order valence-corrected chi connectivity index (χ3v) is 5.72. The first-order valence-electron chi connectivity index (χ1n) is 9.72. The van der Waals surface area contributed by atoms with Crippen molar-refractivity contribution in [3.8, 4) is 5.75 Å². The normalized spacial score (nSPS) is 16.3. The third-order valence-electron chi connectivity index (χ3n) is 4.86. The molecule has 1 aromatic carbocycles. The number of rotatable bonds is 7. The second kappa shape index (κ2) is 10.1. The molecule has 2 aromatic rings. The van der Waals surface area contributed by atoms with Crippen molar-refractivity contribution in [3.05, 3.63) is 52.2 Å². The lowest BCUT2D eigenvalue weighted by Gasteiger charge is -2.31. The molecule has 2 heterocycles. The van der Waals surface area contributed by atoms with Crippen LogP contribution >= 0.6 is 11.3 Å². The number of phenols is 1. The fourth-order valence-electron chi connectivity index (χ4n) is 3.33. The van der Waals surface area contributed by atoms with Gasteiger partial charge in [-0.05, 0) is 48.9 Å². The van der Waals surface area contributed by atoms with Gasteiger partial charge in [0, 0.05) is 31.7 Å². The van der Waals surface area contributed by atoms with Crippen LogP contribution in [0.3, 0.4) is 0 Å². The van der Waals surface area contributed by atoms with Gasteiger partial charge in [0.2, 0.25) is 5.91 Å². The van der Waals surface area contributed by atoms with E-state index in [1.54, 1.807) is 17.0 Å². The number of piperidine rings is 1. The molecule has 8 heteroatoms. The summed E-state index contributed by atoms with van der Waals surface area (Å²) < 4.78 is 0. The van der Waals surface area contributed by atoms with E-state index in [1.807, 2.05) is 17.5 Å². The van der Waals surface area contributed by atoms with E-state index in [0.29, 0.717) is 43.0 Å². The number of nitrogens with one attached hydrogen (secondary N) is 2. The Bertz CT molecular complexity index is 853. The number of phenolic OH excluding ortho intramolecular Hbond substituents is 1. The summed E-state index contributed by atoms with van der Waals surface area (Å²) in [6.07, 6.45) is 2.18. The molecule has 29 heavy (non-hydrogen) atoms. The predicted molar refractivity (Wildman–Crippen MR) is 111 cm³/mol. The molecular weight excluding hydrogens is 390 g/mol. The highest BCUT2D eigenvalue weighted by Gasteiger charge is 2.29. The van der Waals surface area contributed by atoms with Gasteiger partial charge in [-0.15, -0.1) is 11.3 Å². The van der Waals surface area contributed by atoms with Gasteiger partial charge in [0.15, 0.2) is 0 Å². The Hall–Kier alpha value is -2.87. The molecule has 3 N–H and O–H groups in total. The van der Waals surface area contributed by atoms with Gasteiger partial charge >= 0.3 is 0 Å². The van der Waals surface area contributed by atoms with Gasteiger partial charge in [-0.3, -0.25) is 14.4 Å². The van der Waals surface area contributed by atoms with E-state index < -0.39 is 0 Å². The Morgan fingerprint density at radius 1 is 1.14 bits per heavy atom. The Morgan fingerprint density at radius 3 is 2.72 bits per heavy atom. The molecule has 154 valence electrons. The van der Waals surface area contributed by atoms with Crippen molar-refractivity contribution in [3.63, 3.8) is 0 Å². The molecule has 1 aliphatic heterocycles. The van der Waals surface area contributed by atoms with E-state index in [0.717, 1.165) is 12.8 Å². The van der Waals surface area contributed by atoms with Crippen molar-refractivity contribution in [1.82, 2.24) is 15.5 Å². The molecule has 0 spiro atoms. The zero-order valence-electron chi connectivity index (χ0n) is 16.1. The molecule has 1 aromatic heterocycles. The fraction of sp³-hybridized carbons (Fsp3) is 0.381. The minimum absolute atomic E-state index is 0.00726. The van der Waals surface area contributed by atoms with Gasteiger partial charge < -0.3 is 20.6 Å². The molecule has 0 radical (unpaired) electrons. The van der Waals surface area contributed by atoms with Crippen molar-refractivity contribution in [2.75, 3.05) is 26.2 Å². The van der Waals surface area contributed by atoms with Gasteiger partial charge in [0.25, 0.3) is 11.8 Å². The summed E-state index contributed by atoms with van der Waals surface area (Å²) >= 11 is 1.41. The van der Waals surface area contributed by atoms with Crippen molar-refractivity contribution < 1.29 is 19.5 Å². The minimum Gasteiger partial charge on any atom is -0.508 e. The number of hydrogen-bond donors (Lipinski definition) is 3. The minimum atomic E-state index is -0.262. The molecule has 3 rings (SSSR count). The number of carbonyl (C=O) groups is 3. The summed E-state index contributed by atoms with van der Waals surface area (Å²) in [5, 5.41) is 17.0. The summed E-state index contributed by atoms with van der Waals surface area (Å²) in [7, 11) is 0. The number of likely N-dealkylation sites (tertiary alicyclic amines) is 1. The number of carbonyl (C=O) groups excluding carboxylic acids is 3. The van der Waals surface area contributed by atoms with Crippen LogP contribution in [-0.2, 0) is 4.79 Å². The first-order valence-corrected chi connectivity index (χ1v) is 10.6. The maximum atomic E-state index is 12.5. The van der Waals surface area contributed by atoms with Crippen LogP contribution in [0.4, 0.5) is 0 Å². The highest BCUT2D eigenvalue weighted by Crippen LogP contribution is 2.20. The van der Waals surface area contributed by atoms with Crippen LogP contribution in [0.1, 0.15) is 39.3 Å². The van der Waals surface area contributed by atoms with Gasteiger partial charge in [-0.2, -0.15) is 0 Å². The zero-order chi connectivity index (χ0) is 20.6. The van der Waals surface area contributed by atoms with Crippen LogP contribution in [0.15, 0.2) is 41.8 Å². The van der Waals surface area contributed by atoms with Gasteiger partial charge in [0.05, 0.1) is 10.8 Å². The van der Waals surface area contributed by atoms with Gasteiger partial charge in [-0.25, -0.2) is 0 Å². The average Bonchev–Trinajstić information content (AvgIpc) is 3.27. The second-order valence-electron chi connectivity index (χ2n) is 7.02. The van der Waals surface area contributed by atoms with Gasteiger partial charge in [-0.1, -0.05) is 12.1 Å². The topological polar surface area (TPSA) is 98.7 Å². The summed E-state index contributed by atoms with van der Waals surface area (Å²) in [5.74, 6) is -0.471. The van der Waals surface area contributed by atoms with E-state index in [1.165, 1.54) is 23.5 Å². The van der Waals surface area contributed by atoms with Crippen LogP contribution in [0, 0.1) is 5.92 Å². The molecule has 3 amide bonds. The summed E-state index contributed by atoms with van der Waals surface area (Å²) in [4.78, 5) is 39.4. The standard InChI is InChI=1S/C21H25N3O4S/c25-17-7-1-5-15(13-17)19(26)22-9-4-10-23-20(27)16-6-2-11-24(14-16)21(28)18-8-3-12-29-18/h1,3,5,7-8,12-13,16,25H,2,4,6,9-11,14H2,(H,22,26)(H,23,27). The summed E-state index contributed by atoms with van der Waals surface area (Å²) in [5.41, 5.74) is 0.395. The van der Waals surface area contributed by atoms with Crippen LogP contribution in [-0.4, -0.2) is 53.9 Å². The Labute approximate surface area is 173 Å². The maximum absolute atomic E-state index is 12.5. The van der Waals surface area contributed by atoms with Crippen molar-refractivity contribution in [2.45, 2.75) is 19.3 Å². The summed E-state index contributed by atoms with van der Waals surface area (Å²) in [6.45, 7) is 2.00. The molecule has 0 saturated carbocycles. The average molecular weight is 416 g/mol. The second-order valence-corrected chi connectivity index (χ2v) is 7.97. The van der Waals surface area contributed by atoms with E-state index in [2.05, 4.69) is 10.6 Å². The Balaban J connectivity index is 1.37. The highest BCUT2D eigenvalue weighted by atomic mass is 32.1. The molecule has 1 fully saturated rings. The monoisotopic (exact) mass is 415 g/mol. The van der Waals surface area contributed by atoms with E-state index >= 15 is 0 Å². The molecule has 1 saturated heterocycles. The SMILES string of the molecule is O=C(NCCCNC(=O)C1CCCN(C(=O)c2cccs2)C1)c1cccc(O)c1. The number of hydrogen-bond acceptors (Lipinski definition) is 5. The lowest BCUT2D eigenvalue weighted by atomic mass is 9.97. The number of benzene rings is 1. The largest absolute Gasteiger partial charge is 0.508 e. The smallest absolute Gasteiger partial charge is 0.263 e. The van der Waals surface area contributed by atoms with Gasteiger partial charge in [0.1, 0.15) is 5.75 Å². The first-order chi connectivity index (χ1) is 14.0. The van der Waals surface area contributed by atoms with Crippen molar-refractivity contribution >= 4 is 29.1 Å². The first kappa shape index (κ1) is 20.9. The van der Waals surface area contributed by atoms with E-state index in [9.17, 15) is 19.5 Å². The van der Waals surface area contributed by atoms with E-state index in [4.69, 9.17) is 0 Å².